The van der Waals surface area contributed by atoms with E-state index in [-0.39, 0.29) is 37.2 Å². The number of ether oxygens (including phenoxy) is 3. The second-order valence-corrected chi connectivity index (χ2v) is 12.2. The van der Waals surface area contributed by atoms with Gasteiger partial charge in [0, 0.05) is 42.8 Å². The number of aromatic nitrogens is 1. The van der Waals surface area contributed by atoms with E-state index in [1.165, 1.54) is 12.1 Å². The average molecular weight is 686 g/mol. The van der Waals surface area contributed by atoms with Crippen LogP contribution in [0.2, 0.25) is 0 Å². The van der Waals surface area contributed by atoms with Crippen LogP contribution in [0.25, 0.3) is 10.9 Å². The topological polar surface area (TPSA) is 127 Å². The average Bonchev–Trinajstić information content (AvgIpc) is 3.17. The molecule has 0 fully saturated rings. The summed E-state index contributed by atoms with van der Waals surface area (Å²) < 4.78 is 17.3. The third kappa shape index (κ3) is 9.06. The standard InChI is InChI=1S/C41H39N3O7/c1-49-35-17-18-36-37(24-35)42-21-20-40(36)51-34-15-12-29(13-16-34)22-33(27-45)43(25-30-8-4-2-5-9-30)26-39(46)32-14-19-41(38(23-32)44(47)48)50-28-31-10-6-3-7-11-31/h2-21,23-24,33,39,45-46H,22,25-28H2,1H3/t33-,39+/m0/s1. The number of nitrogens with zero attached hydrogens (tertiary/aromatic N) is 3. The van der Waals surface area contributed by atoms with Gasteiger partial charge in [-0.3, -0.25) is 20.0 Å². The molecule has 2 N–H and O–H groups in total. The minimum atomic E-state index is -1.07. The molecule has 6 aromatic rings. The first-order chi connectivity index (χ1) is 24.9. The molecule has 0 bridgehead atoms. The van der Waals surface area contributed by atoms with E-state index in [4.69, 9.17) is 14.2 Å². The molecular weight excluding hydrogens is 646 g/mol. The van der Waals surface area contributed by atoms with Gasteiger partial charge in [-0.1, -0.05) is 78.9 Å². The van der Waals surface area contributed by atoms with Crippen LogP contribution in [0.3, 0.4) is 0 Å². The molecule has 1 aromatic heterocycles. The number of hydrogen-bond donors (Lipinski definition) is 2. The molecule has 0 spiro atoms. The molecule has 51 heavy (non-hydrogen) atoms. The van der Waals surface area contributed by atoms with Gasteiger partial charge in [0.05, 0.1) is 30.3 Å². The molecule has 0 aliphatic carbocycles. The summed E-state index contributed by atoms with van der Waals surface area (Å²) in [5.41, 5.74) is 3.77. The number of nitro benzene ring substituents is 1. The van der Waals surface area contributed by atoms with Gasteiger partial charge >= 0.3 is 5.69 Å². The molecule has 5 aromatic carbocycles. The van der Waals surface area contributed by atoms with Crippen molar-refractivity contribution in [3.63, 3.8) is 0 Å². The molecule has 0 amide bonds. The van der Waals surface area contributed by atoms with Crippen LogP contribution in [-0.4, -0.2) is 51.3 Å². The van der Waals surface area contributed by atoms with E-state index in [2.05, 4.69) is 4.98 Å². The lowest BCUT2D eigenvalue weighted by atomic mass is 10.0. The summed E-state index contributed by atoms with van der Waals surface area (Å²) in [6.07, 6.45) is 1.11. The zero-order chi connectivity index (χ0) is 35.6. The lowest BCUT2D eigenvalue weighted by molar-refractivity contribution is -0.386. The van der Waals surface area contributed by atoms with Crippen molar-refractivity contribution in [3.8, 4) is 23.0 Å². The number of nitro groups is 1. The van der Waals surface area contributed by atoms with E-state index in [9.17, 15) is 20.3 Å². The molecule has 6 rings (SSSR count). The summed E-state index contributed by atoms with van der Waals surface area (Å²) in [6.45, 7) is 0.583. The van der Waals surface area contributed by atoms with Crippen LogP contribution in [0.4, 0.5) is 5.69 Å². The van der Waals surface area contributed by atoms with Gasteiger partial charge < -0.3 is 24.4 Å². The Kier molecular flexibility index (Phi) is 11.5. The van der Waals surface area contributed by atoms with Gasteiger partial charge in [-0.25, -0.2) is 0 Å². The van der Waals surface area contributed by atoms with Crippen molar-refractivity contribution in [1.82, 2.24) is 9.88 Å². The Morgan fingerprint density at radius 3 is 2.20 bits per heavy atom. The summed E-state index contributed by atoms with van der Waals surface area (Å²) in [6, 6.07) is 38.5. The van der Waals surface area contributed by atoms with Crippen molar-refractivity contribution in [3.05, 3.63) is 166 Å². The van der Waals surface area contributed by atoms with Crippen molar-refractivity contribution in [2.75, 3.05) is 20.3 Å². The number of aliphatic hydroxyl groups is 2. The van der Waals surface area contributed by atoms with Crippen LogP contribution in [-0.2, 0) is 19.6 Å². The predicted octanol–water partition coefficient (Wildman–Crippen LogP) is 7.66. The van der Waals surface area contributed by atoms with Crippen LogP contribution < -0.4 is 14.2 Å². The highest BCUT2D eigenvalue weighted by atomic mass is 16.6. The summed E-state index contributed by atoms with van der Waals surface area (Å²) in [4.78, 5) is 18.0. The Hall–Kier alpha value is -5.81. The number of fused-ring (bicyclic) bond motifs is 1. The van der Waals surface area contributed by atoms with Crippen molar-refractivity contribution in [2.45, 2.75) is 31.7 Å². The molecule has 260 valence electrons. The van der Waals surface area contributed by atoms with Crippen molar-refractivity contribution >= 4 is 16.6 Å². The Bertz CT molecular complexity index is 2040. The first-order valence-electron chi connectivity index (χ1n) is 16.6. The van der Waals surface area contributed by atoms with Crippen LogP contribution in [0, 0.1) is 10.1 Å². The smallest absolute Gasteiger partial charge is 0.311 e. The maximum Gasteiger partial charge on any atom is 0.311 e. The van der Waals surface area contributed by atoms with Crippen molar-refractivity contribution < 1.29 is 29.3 Å². The summed E-state index contributed by atoms with van der Waals surface area (Å²) in [5, 5.41) is 35.0. The first kappa shape index (κ1) is 35.0. The molecular formula is C41H39N3O7. The number of aliphatic hydroxyl groups excluding tert-OH is 2. The highest BCUT2D eigenvalue weighted by Gasteiger charge is 2.25. The minimum Gasteiger partial charge on any atom is -0.497 e. The predicted molar refractivity (Wildman–Crippen MR) is 195 cm³/mol. The van der Waals surface area contributed by atoms with Gasteiger partial charge in [0.25, 0.3) is 0 Å². The maximum atomic E-state index is 12.0. The summed E-state index contributed by atoms with van der Waals surface area (Å²) in [5.74, 6) is 2.16. The molecule has 0 unspecified atom stereocenters. The van der Waals surface area contributed by atoms with E-state index < -0.39 is 11.0 Å². The molecule has 1 heterocycles. The fourth-order valence-corrected chi connectivity index (χ4v) is 5.95. The highest BCUT2D eigenvalue weighted by molar-refractivity contribution is 5.86. The zero-order valence-electron chi connectivity index (χ0n) is 28.2. The molecule has 0 radical (unpaired) electrons. The molecule has 0 aliphatic heterocycles. The molecule has 0 aliphatic rings. The molecule has 2 atom stereocenters. The van der Waals surface area contributed by atoms with Gasteiger partial charge in [-0.05, 0) is 65.1 Å². The number of pyridine rings is 1. The third-order valence-corrected chi connectivity index (χ3v) is 8.70. The number of benzene rings is 5. The Morgan fingerprint density at radius 2 is 1.51 bits per heavy atom. The Balaban J connectivity index is 1.18. The van der Waals surface area contributed by atoms with Crippen LogP contribution in [0.15, 0.2) is 134 Å². The number of hydrogen-bond acceptors (Lipinski definition) is 9. The SMILES string of the molecule is COc1ccc2c(Oc3ccc(C[C@@H](CO)N(Cc4ccccc4)C[C@@H](O)c4ccc(OCc5ccccc5)c([N+](=O)[O-])c4)cc3)ccnc2c1. The second kappa shape index (κ2) is 16.7. The van der Waals surface area contributed by atoms with E-state index in [1.807, 2.05) is 114 Å². The first-order valence-corrected chi connectivity index (χ1v) is 16.6. The van der Waals surface area contributed by atoms with E-state index in [0.29, 0.717) is 35.8 Å². The maximum absolute atomic E-state index is 12.0. The van der Waals surface area contributed by atoms with E-state index in [1.54, 1.807) is 19.4 Å². The molecule has 10 nitrogen and oxygen atoms in total. The fraction of sp³-hybridized carbons (Fsp3) is 0.195. The second-order valence-electron chi connectivity index (χ2n) is 12.2. The number of methoxy groups -OCH3 is 1. The van der Waals surface area contributed by atoms with Crippen LogP contribution >= 0.6 is 0 Å². The normalized spacial score (nSPS) is 12.4. The van der Waals surface area contributed by atoms with Gasteiger partial charge in [0.15, 0.2) is 5.75 Å². The molecule has 0 saturated heterocycles. The van der Waals surface area contributed by atoms with E-state index in [0.717, 1.165) is 27.6 Å². The van der Waals surface area contributed by atoms with Crippen molar-refractivity contribution in [2.24, 2.45) is 0 Å². The van der Waals surface area contributed by atoms with Crippen molar-refractivity contribution in [1.29, 1.82) is 0 Å². The number of rotatable bonds is 16. The monoisotopic (exact) mass is 685 g/mol. The third-order valence-electron chi connectivity index (χ3n) is 8.70. The zero-order valence-corrected chi connectivity index (χ0v) is 28.2. The van der Waals surface area contributed by atoms with Crippen LogP contribution in [0.5, 0.6) is 23.0 Å². The quantitative estimate of drug-likeness (QED) is 0.0780. The minimum absolute atomic E-state index is 0.124. The lowest BCUT2D eigenvalue weighted by Crippen LogP contribution is -2.41. The van der Waals surface area contributed by atoms with Gasteiger partial charge in [-0.15, -0.1) is 0 Å². The van der Waals surface area contributed by atoms with Crippen LogP contribution in [0.1, 0.15) is 28.4 Å². The fourth-order valence-electron chi connectivity index (χ4n) is 5.95. The van der Waals surface area contributed by atoms with Gasteiger partial charge in [-0.2, -0.15) is 0 Å². The lowest BCUT2D eigenvalue weighted by Gasteiger charge is -2.32. The van der Waals surface area contributed by atoms with Gasteiger partial charge in [0.2, 0.25) is 0 Å². The van der Waals surface area contributed by atoms with Gasteiger partial charge in [0.1, 0.15) is 23.9 Å². The summed E-state index contributed by atoms with van der Waals surface area (Å²) in [7, 11) is 1.62. The Morgan fingerprint density at radius 1 is 0.804 bits per heavy atom. The molecule has 10 heteroatoms. The highest BCUT2D eigenvalue weighted by Crippen LogP contribution is 2.33. The Labute approximate surface area is 296 Å². The largest absolute Gasteiger partial charge is 0.497 e. The van der Waals surface area contributed by atoms with E-state index >= 15 is 0 Å². The summed E-state index contributed by atoms with van der Waals surface area (Å²) >= 11 is 0. The molecule has 0 saturated carbocycles.